The molecule has 2 aromatic carbocycles. The van der Waals surface area contributed by atoms with Crippen molar-refractivity contribution in [2.45, 2.75) is 24.7 Å². The zero-order chi connectivity index (χ0) is 15.4. The number of nitrogens with one attached hydrogen (secondary N) is 1. The van der Waals surface area contributed by atoms with Gasteiger partial charge in [0.05, 0.1) is 12.7 Å². The fourth-order valence-electron chi connectivity index (χ4n) is 2.95. The Morgan fingerprint density at radius 3 is 2.55 bits per heavy atom. The summed E-state index contributed by atoms with van der Waals surface area (Å²) in [6.45, 7) is 1.63. The molecule has 0 bridgehead atoms. The molecule has 22 heavy (non-hydrogen) atoms. The normalized spacial score (nSPS) is 25.1. The monoisotopic (exact) mass is 301 g/mol. The molecule has 2 atom stereocenters. The standard InChI is InChI=1S/C18H20FNO2/c19-16-8-6-15(7-9-16)18(10-11-20-12-17(18)21)22-13-14-4-2-1-3-5-14/h1-9,17,20-21H,10-13H2/t17-,18+/m0/s1. The van der Waals surface area contributed by atoms with Crippen molar-refractivity contribution >= 4 is 0 Å². The number of hydrogen-bond acceptors (Lipinski definition) is 3. The quantitative estimate of drug-likeness (QED) is 0.912. The molecule has 3 nitrogen and oxygen atoms in total. The lowest BCUT2D eigenvalue weighted by Crippen LogP contribution is -2.53. The molecule has 0 radical (unpaired) electrons. The van der Waals surface area contributed by atoms with E-state index in [0.29, 0.717) is 19.6 Å². The molecule has 0 aromatic heterocycles. The molecule has 0 aliphatic carbocycles. The summed E-state index contributed by atoms with van der Waals surface area (Å²) >= 11 is 0. The highest BCUT2D eigenvalue weighted by Crippen LogP contribution is 2.36. The first-order chi connectivity index (χ1) is 10.7. The van der Waals surface area contributed by atoms with Gasteiger partial charge in [-0.15, -0.1) is 0 Å². The summed E-state index contributed by atoms with van der Waals surface area (Å²) < 4.78 is 19.4. The Hall–Kier alpha value is -1.75. The summed E-state index contributed by atoms with van der Waals surface area (Å²) in [6.07, 6.45) is -0.0254. The van der Waals surface area contributed by atoms with Crippen LogP contribution >= 0.6 is 0 Å². The number of hydrogen-bond donors (Lipinski definition) is 2. The SMILES string of the molecule is O[C@H]1CNCC[C@@]1(OCc1ccccc1)c1ccc(F)cc1. The van der Waals surface area contributed by atoms with Gasteiger partial charge in [-0.3, -0.25) is 0 Å². The molecular weight excluding hydrogens is 281 g/mol. The molecule has 1 aliphatic heterocycles. The largest absolute Gasteiger partial charge is 0.388 e. The van der Waals surface area contributed by atoms with Crippen molar-refractivity contribution in [2.75, 3.05) is 13.1 Å². The van der Waals surface area contributed by atoms with Crippen LogP contribution in [0.15, 0.2) is 54.6 Å². The van der Waals surface area contributed by atoms with Crippen LogP contribution in [-0.4, -0.2) is 24.3 Å². The number of aliphatic hydroxyl groups is 1. The van der Waals surface area contributed by atoms with Crippen LogP contribution in [0.25, 0.3) is 0 Å². The number of piperidine rings is 1. The number of benzene rings is 2. The summed E-state index contributed by atoms with van der Waals surface area (Å²) in [6, 6.07) is 16.1. The van der Waals surface area contributed by atoms with Gasteiger partial charge in [-0.25, -0.2) is 4.39 Å². The van der Waals surface area contributed by atoms with E-state index in [9.17, 15) is 9.50 Å². The minimum atomic E-state index is -0.797. The number of aliphatic hydroxyl groups excluding tert-OH is 1. The number of β-amino-alcohol motifs (C(OH)–C–C–N with tert-alkyl or cyclic N) is 1. The molecule has 0 amide bonds. The third-order valence-corrected chi connectivity index (χ3v) is 4.22. The average molecular weight is 301 g/mol. The van der Waals surface area contributed by atoms with Crippen molar-refractivity contribution in [2.24, 2.45) is 0 Å². The Bertz CT molecular complexity index is 602. The first kappa shape index (κ1) is 15.2. The third-order valence-electron chi connectivity index (χ3n) is 4.22. The number of ether oxygens (including phenoxy) is 1. The fraction of sp³-hybridized carbons (Fsp3) is 0.333. The van der Waals surface area contributed by atoms with E-state index in [4.69, 9.17) is 4.74 Å². The lowest BCUT2D eigenvalue weighted by Gasteiger charge is -2.42. The van der Waals surface area contributed by atoms with Gasteiger partial charge in [0.2, 0.25) is 0 Å². The van der Waals surface area contributed by atoms with Crippen molar-refractivity contribution in [1.82, 2.24) is 5.32 Å². The Morgan fingerprint density at radius 1 is 1.14 bits per heavy atom. The van der Waals surface area contributed by atoms with Crippen molar-refractivity contribution in [3.05, 3.63) is 71.5 Å². The number of halogens is 1. The lowest BCUT2D eigenvalue weighted by atomic mass is 9.82. The van der Waals surface area contributed by atoms with E-state index in [-0.39, 0.29) is 5.82 Å². The Labute approximate surface area is 129 Å². The highest BCUT2D eigenvalue weighted by Gasteiger charge is 2.42. The van der Waals surface area contributed by atoms with Gasteiger partial charge >= 0.3 is 0 Å². The second-order valence-electron chi connectivity index (χ2n) is 5.64. The van der Waals surface area contributed by atoms with Crippen molar-refractivity contribution in [3.8, 4) is 0 Å². The molecule has 2 aromatic rings. The van der Waals surface area contributed by atoms with Gasteiger partial charge < -0.3 is 15.2 Å². The van der Waals surface area contributed by atoms with Crippen LogP contribution in [0.3, 0.4) is 0 Å². The van der Waals surface area contributed by atoms with Crippen molar-refractivity contribution in [1.29, 1.82) is 0 Å². The van der Waals surface area contributed by atoms with Gasteiger partial charge in [0, 0.05) is 6.54 Å². The van der Waals surface area contributed by atoms with Gasteiger partial charge in [0.15, 0.2) is 0 Å². The first-order valence-electron chi connectivity index (χ1n) is 7.53. The molecule has 1 saturated heterocycles. The molecule has 1 aliphatic rings. The summed E-state index contributed by atoms with van der Waals surface area (Å²) in [7, 11) is 0. The van der Waals surface area contributed by atoms with Gasteiger partial charge in [-0.2, -0.15) is 0 Å². The molecule has 4 heteroatoms. The highest BCUT2D eigenvalue weighted by molar-refractivity contribution is 5.26. The maximum absolute atomic E-state index is 13.2. The predicted octanol–water partition coefficient (Wildman–Crippen LogP) is 2.59. The molecule has 1 fully saturated rings. The van der Waals surface area contributed by atoms with E-state index in [1.807, 2.05) is 30.3 Å². The summed E-state index contributed by atoms with van der Waals surface area (Å²) in [5.74, 6) is -0.287. The Kier molecular flexibility index (Phi) is 4.52. The minimum absolute atomic E-state index is 0.287. The predicted molar refractivity (Wildman–Crippen MR) is 82.8 cm³/mol. The smallest absolute Gasteiger partial charge is 0.123 e. The van der Waals surface area contributed by atoms with Crippen LogP contribution < -0.4 is 5.32 Å². The van der Waals surface area contributed by atoms with Crippen LogP contribution in [0, 0.1) is 5.82 Å². The molecule has 2 N–H and O–H groups in total. The van der Waals surface area contributed by atoms with Crippen molar-refractivity contribution < 1.29 is 14.2 Å². The zero-order valence-corrected chi connectivity index (χ0v) is 12.3. The van der Waals surface area contributed by atoms with Crippen LogP contribution in [0.1, 0.15) is 17.5 Å². The second-order valence-corrected chi connectivity index (χ2v) is 5.64. The maximum Gasteiger partial charge on any atom is 0.123 e. The molecule has 116 valence electrons. The molecule has 1 heterocycles. The molecule has 3 rings (SSSR count). The Morgan fingerprint density at radius 2 is 1.86 bits per heavy atom. The van der Waals surface area contributed by atoms with Gasteiger partial charge in [-0.05, 0) is 36.2 Å². The second kappa shape index (κ2) is 6.57. The van der Waals surface area contributed by atoms with E-state index in [1.54, 1.807) is 12.1 Å². The highest BCUT2D eigenvalue weighted by atomic mass is 19.1. The topological polar surface area (TPSA) is 41.5 Å². The Balaban J connectivity index is 1.87. The van der Waals surface area contributed by atoms with E-state index < -0.39 is 11.7 Å². The van der Waals surface area contributed by atoms with Crippen LogP contribution in [0.2, 0.25) is 0 Å². The van der Waals surface area contributed by atoms with E-state index in [2.05, 4.69) is 5.32 Å². The van der Waals surface area contributed by atoms with Crippen LogP contribution in [0.5, 0.6) is 0 Å². The van der Waals surface area contributed by atoms with E-state index in [0.717, 1.165) is 17.7 Å². The summed E-state index contributed by atoms with van der Waals surface area (Å²) in [5, 5.41) is 13.7. The molecular formula is C18H20FNO2. The molecule has 0 spiro atoms. The van der Waals surface area contributed by atoms with Gasteiger partial charge in [-0.1, -0.05) is 42.5 Å². The van der Waals surface area contributed by atoms with Gasteiger partial charge in [0.1, 0.15) is 11.4 Å². The van der Waals surface area contributed by atoms with E-state index in [1.165, 1.54) is 12.1 Å². The average Bonchev–Trinajstić information content (AvgIpc) is 2.56. The third kappa shape index (κ3) is 3.04. The summed E-state index contributed by atoms with van der Waals surface area (Å²) in [5.41, 5.74) is 1.07. The maximum atomic E-state index is 13.2. The van der Waals surface area contributed by atoms with Crippen LogP contribution in [0.4, 0.5) is 4.39 Å². The zero-order valence-electron chi connectivity index (χ0n) is 12.3. The lowest BCUT2D eigenvalue weighted by molar-refractivity contribution is -0.152. The number of rotatable bonds is 4. The summed E-state index contributed by atoms with van der Waals surface area (Å²) in [4.78, 5) is 0. The van der Waals surface area contributed by atoms with E-state index >= 15 is 0 Å². The molecule has 0 unspecified atom stereocenters. The van der Waals surface area contributed by atoms with Gasteiger partial charge in [0.25, 0.3) is 0 Å². The fourth-order valence-corrected chi connectivity index (χ4v) is 2.95. The minimum Gasteiger partial charge on any atom is -0.388 e. The van der Waals surface area contributed by atoms with Crippen LogP contribution in [-0.2, 0) is 16.9 Å². The first-order valence-corrected chi connectivity index (χ1v) is 7.53. The van der Waals surface area contributed by atoms with Crippen molar-refractivity contribution in [3.63, 3.8) is 0 Å². The molecule has 0 saturated carbocycles.